The predicted molar refractivity (Wildman–Crippen MR) is 78.8 cm³/mol. The van der Waals surface area contributed by atoms with Crippen LogP contribution in [0.25, 0.3) is 0 Å². The number of rotatable bonds is 5. The Morgan fingerprint density at radius 3 is 2.61 bits per heavy atom. The molecule has 1 N–H and O–H groups in total. The highest BCUT2D eigenvalue weighted by atomic mass is 15.2. The van der Waals surface area contributed by atoms with E-state index in [0.717, 1.165) is 17.9 Å². The fourth-order valence-electron chi connectivity index (χ4n) is 3.58. The van der Waals surface area contributed by atoms with E-state index in [1.165, 1.54) is 51.9 Å². The van der Waals surface area contributed by atoms with Gasteiger partial charge < -0.3 is 5.32 Å². The van der Waals surface area contributed by atoms with E-state index in [4.69, 9.17) is 0 Å². The van der Waals surface area contributed by atoms with Crippen molar-refractivity contribution in [1.29, 1.82) is 0 Å². The first-order valence-electron chi connectivity index (χ1n) is 7.93. The molecular weight excluding hydrogens is 220 g/mol. The number of hydrogen-bond donors (Lipinski definition) is 1. The Hall–Kier alpha value is -0.0800. The van der Waals surface area contributed by atoms with Crippen molar-refractivity contribution in [3.05, 3.63) is 0 Å². The van der Waals surface area contributed by atoms with E-state index in [1.54, 1.807) is 0 Å². The number of likely N-dealkylation sites (tertiary alicyclic amines) is 1. The number of piperidine rings is 1. The van der Waals surface area contributed by atoms with Crippen LogP contribution in [0.1, 0.15) is 53.4 Å². The summed E-state index contributed by atoms with van der Waals surface area (Å²) in [6.45, 7) is 14.5. The lowest BCUT2D eigenvalue weighted by Crippen LogP contribution is -2.55. The van der Waals surface area contributed by atoms with Crippen LogP contribution in [0.4, 0.5) is 0 Å². The Balaban J connectivity index is 1.75. The summed E-state index contributed by atoms with van der Waals surface area (Å²) < 4.78 is 0. The lowest BCUT2D eigenvalue weighted by molar-refractivity contribution is 0.00591. The van der Waals surface area contributed by atoms with Crippen LogP contribution in [-0.2, 0) is 0 Å². The van der Waals surface area contributed by atoms with E-state index < -0.39 is 0 Å². The summed E-state index contributed by atoms with van der Waals surface area (Å²) in [5.41, 5.74) is 0.545. The maximum Gasteiger partial charge on any atom is 0.0136 e. The summed E-state index contributed by atoms with van der Waals surface area (Å²) in [5.74, 6) is 1.69. The van der Waals surface area contributed by atoms with Gasteiger partial charge >= 0.3 is 0 Å². The summed E-state index contributed by atoms with van der Waals surface area (Å²) in [7, 11) is 0. The third-order valence-corrected chi connectivity index (χ3v) is 4.74. The maximum atomic E-state index is 3.65. The standard InChI is InChI=1S/C16H32N2/c1-13(2)10-17-11-14-6-7-15(14)18-9-5-8-16(3,4)12-18/h13-15,17H,5-12H2,1-4H3. The van der Waals surface area contributed by atoms with E-state index in [0.29, 0.717) is 5.41 Å². The van der Waals surface area contributed by atoms with Gasteiger partial charge in [-0.05, 0) is 62.6 Å². The normalized spacial score (nSPS) is 32.5. The molecule has 2 heteroatoms. The third kappa shape index (κ3) is 3.71. The van der Waals surface area contributed by atoms with E-state index in [2.05, 4.69) is 37.9 Å². The second-order valence-electron chi connectivity index (χ2n) is 7.70. The first-order valence-corrected chi connectivity index (χ1v) is 7.93. The minimum Gasteiger partial charge on any atom is -0.316 e. The lowest BCUT2D eigenvalue weighted by Gasteiger charge is -2.49. The van der Waals surface area contributed by atoms with Gasteiger partial charge in [-0.25, -0.2) is 0 Å². The van der Waals surface area contributed by atoms with Crippen molar-refractivity contribution in [1.82, 2.24) is 10.2 Å². The molecule has 0 spiro atoms. The smallest absolute Gasteiger partial charge is 0.0136 e. The molecule has 106 valence electrons. The van der Waals surface area contributed by atoms with Crippen LogP contribution in [0.5, 0.6) is 0 Å². The summed E-state index contributed by atoms with van der Waals surface area (Å²) in [6, 6.07) is 0.879. The molecule has 1 aliphatic heterocycles. The van der Waals surface area contributed by atoms with Crippen molar-refractivity contribution in [2.75, 3.05) is 26.2 Å². The molecule has 0 radical (unpaired) electrons. The number of hydrogen-bond acceptors (Lipinski definition) is 2. The molecule has 0 aromatic carbocycles. The molecule has 1 saturated heterocycles. The monoisotopic (exact) mass is 252 g/mol. The highest BCUT2D eigenvalue weighted by Gasteiger charge is 2.38. The highest BCUT2D eigenvalue weighted by Crippen LogP contribution is 2.37. The molecule has 18 heavy (non-hydrogen) atoms. The second kappa shape index (κ2) is 5.92. The second-order valence-corrected chi connectivity index (χ2v) is 7.70. The lowest BCUT2D eigenvalue weighted by atomic mass is 9.75. The molecule has 2 aliphatic rings. The molecule has 0 aromatic rings. The molecule has 1 heterocycles. The number of nitrogens with one attached hydrogen (secondary N) is 1. The first kappa shape index (κ1) is 14.3. The van der Waals surface area contributed by atoms with Crippen molar-refractivity contribution in [3.8, 4) is 0 Å². The van der Waals surface area contributed by atoms with Gasteiger partial charge in [0, 0.05) is 12.6 Å². The summed E-state index contributed by atoms with van der Waals surface area (Å²) in [4.78, 5) is 2.79. The minimum absolute atomic E-state index is 0.545. The van der Waals surface area contributed by atoms with Crippen LogP contribution in [0, 0.1) is 17.3 Å². The van der Waals surface area contributed by atoms with Gasteiger partial charge in [0.05, 0.1) is 0 Å². The molecule has 0 amide bonds. The SMILES string of the molecule is CC(C)CNCC1CCC1N1CCCC(C)(C)C1. The van der Waals surface area contributed by atoms with Crippen LogP contribution in [0.3, 0.4) is 0 Å². The zero-order valence-electron chi connectivity index (χ0n) is 12.8. The van der Waals surface area contributed by atoms with Crippen LogP contribution in [-0.4, -0.2) is 37.1 Å². The largest absolute Gasteiger partial charge is 0.316 e. The first-order chi connectivity index (χ1) is 8.48. The van der Waals surface area contributed by atoms with Gasteiger partial charge in [-0.3, -0.25) is 4.90 Å². The van der Waals surface area contributed by atoms with Crippen LogP contribution in [0.15, 0.2) is 0 Å². The van der Waals surface area contributed by atoms with E-state index in [9.17, 15) is 0 Å². The Morgan fingerprint density at radius 1 is 1.28 bits per heavy atom. The molecule has 1 aliphatic carbocycles. The van der Waals surface area contributed by atoms with Crippen molar-refractivity contribution in [3.63, 3.8) is 0 Å². The van der Waals surface area contributed by atoms with Gasteiger partial charge in [0.25, 0.3) is 0 Å². The fourth-order valence-corrected chi connectivity index (χ4v) is 3.58. The Labute approximate surface area is 114 Å². The van der Waals surface area contributed by atoms with Gasteiger partial charge in [-0.15, -0.1) is 0 Å². The van der Waals surface area contributed by atoms with Gasteiger partial charge in [0.15, 0.2) is 0 Å². The molecule has 0 aromatic heterocycles. The van der Waals surface area contributed by atoms with E-state index in [1.807, 2.05) is 0 Å². The molecule has 2 unspecified atom stereocenters. The Morgan fingerprint density at radius 2 is 2.06 bits per heavy atom. The zero-order valence-corrected chi connectivity index (χ0v) is 12.8. The van der Waals surface area contributed by atoms with Crippen LogP contribution in [0.2, 0.25) is 0 Å². The average molecular weight is 252 g/mol. The van der Waals surface area contributed by atoms with E-state index >= 15 is 0 Å². The maximum absolute atomic E-state index is 3.65. The highest BCUT2D eigenvalue weighted by molar-refractivity contribution is 4.93. The molecule has 2 atom stereocenters. The van der Waals surface area contributed by atoms with Crippen LogP contribution >= 0.6 is 0 Å². The van der Waals surface area contributed by atoms with Crippen molar-refractivity contribution in [2.24, 2.45) is 17.3 Å². The fraction of sp³-hybridized carbons (Fsp3) is 1.00. The summed E-state index contributed by atoms with van der Waals surface area (Å²) >= 11 is 0. The van der Waals surface area contributed by atoms with Gasteiger partial charge in [-0.1, -0.05) is 27.7 Å². The quantitative estimate of drug-likeness (QED) is 0.809. The van der Waals surface area contributed by atoms with E-state index in [-0.39, 0.29) is 0 Å². The van der Waals surface area contributed by atoms with Gasteiger partial charge in [-0.2, -0.15) is 0 Å². The van der Waals surface area contributed by atoms with Gasteiger partial charge in [0.1, 0.15) is 0 Å². The van der Waals surface area contributed by atoms with Crippen LogP contribution < -0.4 is 5.32 Å². The van der Waals surface area contributed by atoms with Crippen molar-refractivity contribution in [2.45, 2.75) is 59.4 Å². The summed E-state index contributed by atoms with van der Waals surface area (Å²) in [6.07, 6.45) is 5.68. The van der Waals surface area contributed by atoms with Gasteiger partial charge in [0.2, 0.25) is 0 Å². The Bertz CT molecular complexity index is 260. The molecule has 2 fully saturated rings. The molecule has 1 saturated carbocycles. The minimum atomic E-state index is 0.545. The van der Waals surface area contributed by atoms with Crippen molar-refractivity contribution < 1.29 is 0 Å². The third-order valence-electron chi connectivity index (χ3n) is 4.74. The molecule has 2 rings (SSSR count). The topological polar surface area (TPSA) is 15.3 Å². The molecular formula is C16H32N2. The number of nitrogens with zero attached hydrogens (tertiary/aromatic N) is 1. The van der Waals surface area contributed by atoms with Crippen molar-refractivity contribution >= 4 is 0 Å². The average Bonchev–Trinajstić information content (AvgIpc) is 2.21. The molecule has 2 nitrogen and oxygen atoms in total. The predicted octanol–water partition coefficient (Wildman–Crippen LogP) is 3.13. The summed E-state index contributed by atoms with van der Waals surface area (Å²) in [5, 5.41) is 3.65. The Kier molecular flexibility index (Phi) is 4.71. The molecule has 0 bridgehead atoms. The zero-order chi connectivity index (χ0) is 13.2.